The molecule has 3 nitrogen and oxygen atoms in total. The summed E-state index contributed by atoms with van der Waals surface area (Å²) in [4.78, 5) is 4.38. The van der Waals surface area contributed by atoms with Gasteiger partial charge < -0.3 is 10.4 Å². The van der Waals surface area contributed by atoms with Crippen molar-refractivity contribution in [3.63, 3.8) is 0 Å². The zero-order chi connectivity index (χ0) is 11.6. The minimum atomic E-state index is 0.204. The van der Waals surface area contributed by atoms with E-state index in [-0.39, 0.29) is 6.61 Å². The van der Waals surface area contributed by atoms with E-state index in [2.05, 4.69) is 17.2 Å². The number of aliphatic hydroxyl groups is 1. The van der Waals surface area contributed by atoms with E-state index in [4.69, 9.17) is 5.11 Å². The van der Waals surface area contributed by atoms with Crippen molar-refractivity contribution in [2.75, 3.05) is 13.2 Å². The molecule has 1 rings (SSSR count). The van der Waals surface area contributed by atoms with Gasteiger partial charge in [0.05, 0.1) is 19.0 Å². The number of unbranched alkanes of at least 4 members (excludes halogenated alkanes) is 5. The van der Waals surface area contributed by atoms with Gasteiger partial charge in [0.25, 0.3) is 0 Å². The monoisotopic (exact) mass is 226 g/mol. The second-order valence-electron chi connectivity index (χ2n) is 4.66. The van der Waals surface area contributed by atoms with Gasteiger partial charge in [-0.25, -0.2) is 0 Å². The van der Waals surface area contributed by atoms with Gasteiger partial charge in [-0.1, -0.05) is 45.4 Å². The van der Waals surface area contributed by atoms with Crippen molar-refractivity contribution >= 4 is 5.84 Å². The van der Waals surface area contributed by atoms with Crippen molar-refractivity contribution in [2.24, 2.45) is 4.99 Å². The first-order valence-corrected chi connectivity index (χ1v) is 6.77. The molecule has 1 unspecified atom stereocenters. The second kappa shape index (κ2) is 8.57. The van der Waals surface area contributed by atoms with Crippen molar-refractivity contribution in [3.8, 4) is 0 Å². The van der Waals surface area contributed by atoms with E-state index in [1.165, 1.54) is 44.9 Å². The van der Waals surface area contributed by atoms with Crippen LogP contribution in [0.1, 0.15) is 58.3 Å². The molecule has 1 aliphatic heterocycles. The molecule has 0 bridgehead atoms. The summed E-state index contributed by atoms with van der Waals surface area (Å²) in [6.45, 7) is 3.36. The lowest BCUT2D eigenvalue weighted by Crippen LogP contribution is -2.30. The third-order valence-corrected chi connectivity index (χ3v) is 3.13. The number of aliphatic imine (C=N–C) groups is 1. The Hall–Kier alpha value is -0.570. The lowest BCUT2D eigenvalue weighted by Gasteiger charge is -2.11. The molecule has 2 N–H and O–H groups in total. The molecular weight excluding hydrogens is 200 g/mol. The molecule has 0 aromatic heterocycles. The van der Waals surface area contributed by atoms with Gasteiger partial charge in [-0.2, -0.15) is 0 Å². The normalized spacial score (nSPS) is 19.6. The van der Waals surface area contributed by atoms with Crippen LogP contribution in [0.3, 0.4) is 0 Å². The van der Waals surface area contributed by atoms with E-state index in [0.717, 1.165) is 12.4 Å². The highest BCUT2D eigenvalue weighted by Crippen LogP contribution is 2.11. The van der Waals surface area contributed by atoms with Gasteiger partial charge in [0, 0.05) is 12.5 Å². The Morgan fingerprint density at radius 3 is 2.75 bits per heavy atom. The molecular formula is C13H26N2O. The maximum absolute atomic E-state index is 8.79. The molecule has 0 spiro atoms. The summed E-state index contributed by atoms with van der Waals surface area (Å²) >= 11 is 0. The van der Waals surface area contributed by atoms with Gasteiger partial charge in [0.1, 0.15) is 0 Å². The quantitative estimate of drug-likeness (QED) is 0.593. The van der Waals surface area contributed by atoms with E-state index in [0.29, 0.717) is 12.5 Å². The van der Waals surface area contributed by atoms with Gasteiger partial charge in [0.2, 0.25) is 0 Å². The van der Waals surface area contributed by atoms with Crippen LogP contribution in [0.25, 0.3) is 0 Å². The first-order chi connectivity index (χ1) is 7.86. The van der Waals surface area contributed by atoms with E-state index in [1.54, 1.807) is 0 Å². The van der Waals surface area contributed by atoms with Crippen LogP contribution in [-0.4, -0.2) is 30.1 Å². The standard InChI is InChI=1S/C13H26N2O/c1-2-3-4-5-6-7-8-12-11-14-13(15-12)9-10-16/h12,16H,2-11H2,1H3,(H,14,15). The summed E-state index contributed by atoms with van der Waals surface area (Å²) in [5.74, 6) is 0.999. The maximum Gasteiger partial charge on any atom is 0.0989 e. The van der Waals surface area contributed by atoms with Crippen molar-refractivity contribution in [1.29, 1.82) is 0 Å². The average molecular weight is 226 g/mol. The average Bonchev–Trinajstić information content (AvgIpc) is 2.72. The molecule has 1 atom stereocenters. The molecule has 0 saturated carbocycles. The highest BCUT2D eigenvalue weighted by molar-refractivity contribution is 5.84. The van der Waals surface area contributed by atoms with Crippen LogP contribution in [0.4, 0.5) is 0 Å². The van der Waals surface area contributed by atoms with Crippen LogP contribution in [0.5, 0.6) is 0 Å². The SMILES string of the molecule is CCCCCCCCC1CN=C(CCO)N1. The summed E-state index contributed by atoms with van der Waals surface area (Å²) < 4.78 is 0. The third kappa shape index (κ3) is 5.50. The molecule has 3 heteroatoms. The summed E-state index contributed by atoms with van der Waals surface area (Å²) in [6.07, 6.45) is 10.0. The Morgan fingerprint density at radius 2 is 2.00 bits per heavy atom. The highest BCUT2D eigenvalue weighted by Gasteiger charge is 2.15. The minimum Gasteiger partial charge on any atom is -0.396 e. The number of hydrogen-bond donors (Lipinski definition) is 2. The van der Waals surface area contributed by atoms with Crippen LogP contribution in [0, 0.1) is 0 Å². The molecule has 0 radical (unpaired) electrons. The van der Waals surface area contributed by atoms with E-state index in [1.807, 2.05) is 0 Å². The summed E-state index contributed by atoms with van der Waals surface area (Å²) in [7, 11) is 0. The van der Waals surface area contributed by atoms with Crippen LogP contribution in [0.2, 0.25) is 0 Å². The van der Waals surface area contributed by atoms with Crippen LogP contribution in [0.15, 0.2) is 4.99 Å². The molecule has 16 heavy (non-hydrogen) atoms. The van der Waals surface area contributed by atoms with Gasteiger partial charge in [-0.3, -0.25) is 4.99 Å². The first-order valence-electron chi connectivity index (χ1n) is 6.77. The van der Waals surface area contributed by atoms with Crippen LogP contribution in [-0.2, 0) is 0 Å². The number of aliphatic hydroxyl groups excluding tert-OH is 1. The molecule has 0 fully saturated rings. The fourth-order valence-electron chi connectivity index (χ4n) is 2.14. The van der Waals surface area contributed by atoms with Gasteiger partial charge in [-0.05, 0) is 6.42 Å². The second-order valence-corrected chi connectivity index (χ2v) is 4.66. The Kier molecular flexibility index (Phi) is 7.23. The van der Waals surface area contributed by atoms with Gasteiger partial charge in [0.15, 0.2) is 0 Å². The number of amidine groups is 1. The maximum atomic E-state index is 8.79. The zero-order valence-electron chi connectivity index (χ0n) is 10.5. The number of rotatable bonds is 9. The molecule has 0 aromatic carbocycles. The van der Waals surface area contributed by atoms with Gasteiger partial charge >= 0.3 is 0 Å². The molecule has 1 aliphatic rings. The molecule has 1 heterocycles. The molecule has 0 aromatic rings. The molecule has 0 saturated heterocycles. The van der Waals surface area contributed by atoms with Crippen LogP contribution >= 0.6 is 0 Å². The Morgan fingerprint density at radius 1 is 1.25 bits per heavy atom. The van der Waals surface area contributed by atoms with E-state index in [9.17, 15) is 0 Å². The number of nitrogens with zero attached hydrogens (tertiary/aromatic N) is 1. The van der Waals surface area contributed by atoms with Crippen molar-refractivity contribution in [3.05, 3.63) is 0 Å². The molecule has 0 aliphatic carbocycles. The first kappa shape index (κ1) is 13.5. The van der Waals surface area contributed by atoms with Crippen molar-refractivity contribution in [2.45, 2.75) is 64.3 Å². The predicted octanol–water partition coefficient (Wildman–Crippen LogP) is 2.49. The summed E-state index contributed by atoms with van der Waals surface area (Å²) in [5, 5.41) is 12.2. The third-order valence-electron chi connectivity index (χ3n) is 3.13. The van der Waals surface area contributed by atoms with E-state index >= 15 is 0 Å². The van der Waals surface area contributed by atoms with Crippen molar-refractivity contribution in [1.82, 2.24) is 5.32 Å². The predicted molar refractivity (Wildman–Crippen MR) is 68.9 cm³/mol. The Balaban J connectivity index is 1.92. The molecule has 94 valence electrons. The lowest BCUT2D eigenvalue weighted by atomic mass is 10.1. The number of hydrogen-bond acceptors (Lipinski definition) is 3. The fraction of sp³-hybridized carbons (Fsp3) is 0.923. The highest BCUT2D eigenvalue weighted by atomic mass is 16.3. The zero-order valence-corrected chi connectivity index (χ0v) is 10.5. The smallest absolute Gasteiger partial charge is 0.0989 e. The Bertz CT molecular complexity index is 204. The van der Waals surface area contributed by atoms with E-state index < -0.39 is 0 Å². The lowest BCUT2D eigenvalue weighted by molar-refractivity contribution is 0.306. The fourth-order valence-corrected chi connectivity index (χ4v) is 2.14. The largest absolute Gasteiger partial charge is 0.396 e. The summed E-state index contributed by atoms with van der Waals surface area (Å²) in [6, 6.07) is 0.535. The van der Waals surface area contributed by atoms with Gasteiger partial charge in [-0.15, -0.1) is 0 Å². The topological polar surface area (TPSA) is 44.6 Å². The summed E-state index contributed by atoms with van der Waals surface area (Å²) in [5.41, 5.74) is 0. The van der Waals surface area contributed by atoms with Crippen LogP contribution < -0.4 is 5.32 Å². The minimum absolute atomic E-state index is 0.204. The number of nitrogens with one attached hydrogen (secondary N) is 1. The van der Waals surface area contributed by atoms with Crippen molar-refractivity contribution < 1.29 is 5.11 Å². The Labute approximate surface area is 99.4 Å². The molecule has 0 amide bonds.